The molecule has 1 atom stereocenters. The number of ketones is 1. The normalized spacial score (nSPS) is 12.2. The van der Waals surface area contributed by atoms with Gasteiger partial charge in [0.1, 0.15) is 0 Å². The van der Waals surface area contributed by atoms with Crippen LogP contribution in [0, 0.1) is 0 Å². The number of rotatable bonds is 7. The van der Waals surface area contributed by atoms with Crippen molar-refractivity contribution in [1.29, 1.82) is 0 Å². The molecule has 7 heteroatoms. The summed E-state index contributed by atoms with van der Waals surface area (Å²) in [6, 6.07) is 6.14. The third kappa shape index (κ3) is 4.75. The third-order valence-corrected chi connectivity index (χ3v) is 3.30. The fourth-order valence-corrected chi connectivity index (χ4v) is 2.02. The highest BCUT2D eigenvalue weighted by Crippen LogP contribution is 2.14. The third-order valence-electron chi connectivity index (χ3n) is 2.77. The molecule has 1 unspecified atom stereocenters. The van der Waals surface area contributed by atoms with Gasteiger partial charge in [-0.15, -0.1) is 0 Å². The zero-order valence-electron chi connectivity index (χ0n) is 11.0. The Balaban J connectivity index is 2.89. The Morgan fingerprint density at radius 2 is 1.55 bits per heavy atom. The molecule has 0 aliphatic carbocycles. The molecule has 0 radical (unpaired) electrons. The fraction of sp³-hybridized carbons (Fsp3) is 0.308. The van der Waals surface area contributed by atoms with E-state index in [1.54, 1.807) is 31.2 Å². The largest absolute Gasteiger partial charge is 0.369 e. The van der Waals surface area contributed by atoms with Gasteiger partial charge in [0.25, 0.3) is 0 Å². The maximum absolute atomic E-state index is 12.3. The fourth-order valence-electron chi connectivity index (χ4n) is 1.75. The second-order valence-electron chi connectivity index (χ2n) is 4.38. The van der Waals surface area contributed by atoms with E-state index in [-0.39, 0.29) is 18.9 Å². The highest BCUT2D eigenvalue weighted by atomic mass is 79.9. The molecule has 0 spiro atoms. The summed E-state index contributed by atoms with van der Waals surface area (Å²) in [5, 5.41) is 0. The van der Waals surface area contributed by atoms with Crippen molar-refractivity contribution in [3.05, 3.63) is 34.3 Å². The number of carbonyl (C=O) groups is 3. The first-order chi connectivity index (χ1) is 9.31. The number of amides is 2. The lowest BCUT2D eigenvalue weighted by molar-refractivity contribution is -0.122. The van der Waals surface area contributed by atoms with E-state index in [2.05, 4.69) is 15.9 Å². The summed E-state index contributed by atoms with van der Waals surface area (Å²) in [6.07, 6.45) is 0. The molecule has 2 amide bonds. The molecule has 6 nitrogen and oxygen atoms in total. The molecule has 1 aromatic carbocycles. The van der Waals surface area contributed by atoms with Crippen LogP contribution in [0.2, 0.25) is 0 Å². The summed E-state index contributed by atoms with van der Waals surface area (Å²) < 4.78 is 0.854. The molecule has 20 heavy (non-hydrogen) atoms. The summed E-state index contributed by atoms with van der Waals surface area (Å²) in [6.45, 7) is 1.20. The van der Waals surface area contributed by atoms with Crippen molar-refractivity contribution in [3.8, 4) is 0 Å². The zero-order valence-corrected chi connectivity index (χ0v) is 12.6. The number of primary amides is 2. The molecule has 0 bridgehead atoms. The van der Waals surface area contributed by atoms with Gasteiger partial charge in [0.15, 0.2) is 5.78 Å². The second-order valence-corrected chi connectivity index (χ2v) is 5.30. The minimum Gasteiger partial charge on any atom is -0.369 e. The molecule has 0 aliphatic rings. The molecular weight excluding hydrogens is 326 g/mol. The van der Waals surface area contributed by atoms with Gasteiger partial charge in [-0.05, 0) is 19.1 Å². The van der Waals surface area contributed by atoms with Crippen LogP contribution in [0.15, 0.2) is 28.7 Å². The molecular formula is C13H16BrN3O3. The van der Waals surface area contributed by atoms with Crippen LogP contribution in [-0.2, 0) is 9.59 Å². The average Bonchev–Trinajstić information content (AvgIpc) is 2.36. The molecule has 1 rings (SSSR count). The van der Waals surface area contributed by atoms with E-state index in [1.165, 1.54) is 4.90 Å². The second kappa shape index (κ2) is 7.16. The summed E-state index contributed by atoms with van der Waals surface area (Å²) >= 11 is 3.28. The van der Waals surface area contributed by atoms with Gasteiger partial charge in [-0.3, -0.25) is 19.3 Å². The molecule has 1 aromatic rings. The monoisotopic (exact) mass is 341 g/mol. The number of hydrogen-bond donors (Lipinski definition) is 2. The molecule has 0 heterocycles. The lowest BCUT2D eigenvalue weighted by Crippen LogP contribution is -2.47. The molecule has 108 valence electrons. The predicted molar refractivity (Wildman–Crippen MR) is 77.9 cm³/mol. The van der Waals surface area contributed by atoms with Gasteiger partial charge in [0.05, 0.1) is 19.1 Å². The Morgan fingerprint density at radius 3 is 1.95 bits per heavy atom. The van der Waals surface area contributed by atoms with Gasteiger partial charge in [-0.2, -0.15) is 0 Å². The first kappa shape index (κ1) is 16.3. The summed E-state index contributed by atoms with van der Waals surface area (Å²) in [4.78, 5) is 35.7. The van der Waals surface area contributed by atoms with Gasteiger partial charge in [0, 0.05) is 10.0 Å². The predicted octanol–water partition coefficient (Wildman–Crippen LogP) is 0.293. The smallest absolute Gasteiger partial charge is 0.231 e. The number of Topliss-reactive ketones (excluding diaryl/α,β-unsaturated/α-hetero) is 1. The molecule has 0 aliphatic heterocycles. The van der Waals surface area contributed by atoms with Crippen LogP contribution < -0.4 is 11.5 Å². The maximum Gasteiger partial charge on any atom is 0.231 e. The molecule has 0 aromatic heterocycles. The first-order valence-corrected chi connectivity index (χ1v) is 6.71. The molecule has 0 saturated carbocycles. The van der Waals surface area contributed by atoms with Crippen LogP contribution in [0.4, 0.5) is 0 Å². The SMILES string of the molecule is CC(C(=O)c1ccc(Br)cc1)N(CC(N)=O)CC(N)=O. The van der Waals surface area contributed by atoms with Gasteiger partial charge in [-0.25, -0.2) is 0 Å². The van der Waals surface area contributed by atoms with Crippen LogP contribution in [0.25, 0.3) is 0 Å². The summed E-state index contributed by atoms with van der Waals surface area (Å²) in [7, 11) is 0. The van der Waals surface area contributed by atoms with Gasteiger partial charge in [-0.1, -0.05) is 28.1 Å². The van der Waals surface area contributed by atoms with E-state index in [0.717, 1.165) is 4.47 Å². The molecule has 0 saturated heterocycles. The van der Waals surface area contributed by atoms with Crippen molar-refractivity contribution in [2.45, 2.75) is 13.0 Å². The van der Waals surface area contributed by atoms with Crippen LogP contribution in [0.3, 0.4) is 0 Å². The Labute approximate surface area is 125 Å². The number of carbonyl (C=O) groups excluding carboxylic acids is 3. The van der Waals surface area contributed by atoms with Gasteiger partial charge < -0.3 is 11.5 Å². The van der Waals surface area contributed by atoms with Crippen molar-refractivity contribution in [2.24, 2.45) is 11.5 Å². The Hall–Kier alpha value is -1.73. The molecule has 4 N–H and O–H groups in total. The van der Waals surface area contributed by atoms with Crippen molar-refractivity contribution in [2.75, 3.05) is 13.1 Å². The highest BCUT2D eigenvalue weighted by Gasteiger charge is 2.24. The van der Waals surface area contributed by atoms with Gasteiger partial charge in [0.2, 0.25) is 11.8 Å². The molecule has 0 fully saturated rings. The quantitative estimate of drug-likeness (QED) is 0.695. The topological polar surface area (TPSA) is 106 Å². The first-order valence-electron chi connectivity index (χ1n) is 5.91. The van der Waals surface area contributed by atoms with E-state index in [9.17, 15) is 14.4 Å². The van der Waals surface area contributed by atoms with E-state index in [1.807, 2.05) is 0 Å². The standard InChI is InChI=1S/C13H16BrN3O3/c1-8(17(6-11(15)18)7-12(16)19)13(20)9-2-4-10(14)5-3-9/h2-5,8H,6-7H2,1H3,(H2,15,18)(H2,16,19). The Morgan fingerprint density at radius 1 is 1.10 bits per heavy atom. The Kier molecular flexibility index (Phi) is 5.84. The van der Waals surface area contributed by atoms with Crippen molar-refractivity contribution in [3.63, 3.8) is 0 Å². The van der Waals surface area contributed by atoms with E-state index in [4.69, 9.17) is 11.5 Å². The highest BCUT2D eigenvalue weighted by molar-refractivity contribution is 9.10. The summed E-state index contributed by atoms with van der Waals surface area (Å²) in [5.41, 5.74) is 10.7. The van der Waals surface area contributed by atoms with Crippen molar-refractivity contribution >= 4 is 33.5 Å². The number of hydrogen-bond acceptors (Lipinski definition) is 4. The van der Waals surface area contributed by atoms with Crippen molar-refractivity contribution in [1.82, 2.24) is 4.90 Å². The van der Waals surface area contributed by atoms with Crippen LogP contribution in [0.1, 0.15) is 17.3 Å². The number of nitrogens with zero attached hydrogens (tertiary/aromatic N) is 1. The van der Waals surface area contributed by atoms with E-state index in [0.29, 0.717) is 5.56 Å². The number of benzene rings is 1. The van der Waals surface area contributed by atoms with Crippen molar-refractivity contribution < 1.29 is 14.4 Å². The zero-order chi connectivity index (χ0) is 15.3. The summed E-state index contributed by atoms with van der Waals surface area (Å²) in [5.74, 6) is -1.46. The minimum absolute atomic E-state index is 0.202. The minimum atomic E-state index is -0.670. The lowest BCUT2D eigenvalue weighted by Gasteiger charge is -2.25. The van der Waals surface area contributed by atoms with E-state index >= 15 is 0 Å². The number of nitrogens with two attached hydrogens (primary N) is 2. The van der Waals surface area contributed by atoms with Crippen LogP contribution >= 0.6 is 15.9 Å². The van der Waals surface area contributed by atoms with Crippen LogP contribution in [0.5, 0.6) is 0 Å². The van der Waals surface area contributed by atoms with E-state index < -0.39 is 17.9 Å². The lowest BCUT2D eigenvalue weighted by atomic mass is 10.0. The number of halogens is 1. The Bertz CT molecular complexity index is 500. The van der Waals surface area contributed by atoms with Crippen LogP contribution in [-0.4, -0.2) is 41.6 Å². The average molecular weight is 342 g/mol. The van der Waals surface area contributed by atoms with Gasteiger partial charge >= 0.3 is 0 Å². The maximum atomic E-state index is 12.3.